The average Bonchev–Trinajstić information content (AvgIpc) is 2.60. The number of ether oxygens (including phenoxy) is 1. The highest BCUT2D eigenvalue weighted by Crippen LogP contribution is 2.22. The molecule has 3 N–H and O–H groups in total. The van der Waals surface area contributed by atoms with Crippen molar-refractivity contribution in [2.75, 3.05) is 13.2 Å². The second-order valence-electron chi connectivity index (χ2n) is 5.53. The van der Waals surface area contributed by atoms with Gasteiger partial charge in [0.2, 0.25) is 5.91 Å². The minimum absolute atomic E-state index is 0.169. The van der Waals surface area contributed by atoms with Crippen LogP contribution in [-0.2, 0) is 16.1 Å². The summed E-state index contributed by atoms with van der Waals surface area (Å²) >= 11 is 1.10. The third-order valence-corrected chi connectivity index (χ3v) is 4.69. The summed E-state index contributed by atoms with van der Waals surface area (Å²) in [6.45, 7) is 5.08. The summed E-state index contributed by atoms with van der Waals surface area (Å²) in [6, 6.07) is 6.14. The van der Waals surface area contributed by atoms with Crippen LogP contribution in [0.4, 0.5) is 4.79 Å². The molecule has 0 aliphatic heterocycles. The summed E-state index contributed by atoms with van der Waals surface area (Å²) in [5, 5.41) is 2.32. The molecule has 0 spiro atoms. The van der Waals surface area contributed by atoms with Gasteiger partial charge < -0.3 is 10.5 Å². The molecule has 3 amide bonds. The van der Waals surface area contributed by atoms with Gasteiger partial charge in [0.15, 0.2) is 5.16 Å². The van der Waals surface area contributed by atoms with E-state index in [1.165, 1.54) is 0 Å². The summed E-state index contributed by atoms with van der Waals surface area (Å²) < 4.78 is 6.87. The molecule has 0 bridgehead atoms. The van der Waals surface area contributed by atoms with E-state index in [4.69, 9.17) is 10.5 Å². The maximum Gasteiger partial charge on any atom is 0.318 e. The van der Waals surface area contributed by atoms with Gasteiger partial charge in [0.05, 0.1) is 16.2 Å². The van der Waals surface area contributed by atoms with Crippen molar-refractivity contribution in [2.24, 2.45) is 5.73 Å². The highest BCUT2D eigenvalue weighted by molar-refractivity contribution is 8.00. The number of fused-ring (bicyclic) bond motifs is 1. The molecule has 0 unspecified atom stereocenters. The first-order valence-electron chi connectivity index (χ1n) is 8.28. The van der Waals surface area contributed by atoms with Crippen LogP contribution in [0.2, 0.25) is 0 Å². The van der Waals surface area contributed by atoms with E-state index >= 15 is 0 Å². The zero-order valence-electron chi connectivity index (χ0n) is 14.7. The summed E-state index contributed by atoms with van der Waals surface area (Å²) in [7, 11) is 0. The second kappa shape index (κ2) is 9.35. The Hall–Kier alpha value is -2.39. The van der Waals surface area contributed by atoms with E-state index in [1.807, 2.05) is 12.2 Å². The smallest absolute Gasteiger partial charge is 0.318 e. The molecule has 26 heavy (non-hydrogen) atoms. The number of hydrogen-bond donors (Lipinski definition) is 2. The lowest BCUT2D eigenvalue weighted by Gasteiger charge is -2.15. The minimum Gasteiger partial charge on any atom is -0.382 e. The highest BCUT2D eigenvalue weighted by atomic mass is 32.2. The maximum absolute atomic E-state index is 12.8. The molecular weight excluding hydrogens is 356 g/mol. The molecule has 2 aromatic rings. The molecule has 1 aromatic heterocycles. The number of nitrogens with two attached hydrogens (primary N) is 1. The van der Waals surface area contributed by atoms with E-state index in [1.54, 1.807) is 35.8 Å². The molecule has 2 rings (SSSR count). The van der Waals surface area contributed by atoms with Gasteiger partial charge in [0, 0.05) is 19.8 Å². The Kier molecular flexibility index (Phi) is 7.16. The van der Waals surface area contributed by atoms with Crippen LogP contribution in [0.25, 0.3) is 10.9 Å². The molecule has 1 heterocycles. The SMILES string of the molecule is CCOCCCn1c(S[C@@H](C)C(=O)NC(N)=O)nc2ccccc2c1=O. The van der Waals surface area contributed by atoms with Crippen molar-refractivity contribution in [3.05, 3.63) is 34.6 Å². The predicted molar refractivity (Wildman–Crippen MR) is 100 cm³/mol. The molecule has 140 valence electrons. The number of aromatic nitrogens is 2. The zero-order chi connectivity index (χ0) is 19.1. The lowest BCUT2D eigenvalue weighted by atomic mass is 10.2. The topological polar surface area (TPSA) is 116 Å². The largest absolute Gasteiger partial charge is 0.382 e. The van der Waals surface area contributed by atoms with Crippen LogP contribution < -0.4 is 16.6 Å². The van der Waals surface area contributed by atoms with E-state index in [-0.39, 0.29) is 5.56 Å². The van der Waals surface area contributed by atoms with Crippen LogP contribution in [0.1, 0.15) is 20.3 Å². The van der Waals surface area contributed by atoms with Crippen LogP contribution in [0.3, 0.4) is 0 Å². The predicted octanol–water partition coefficient (Wildman–Crippen LogP) is 1.50. The maximum atomic E-state index is 12.8. The fraction of sp³-hybridized carbons (Fsp3) is 0.412. The van der Waals surface area contributed by atoms with Gasteiger partial charge in [-0.2, -0.15) is 0 Å². The Morgan fingerprint density at radius 1 is 1.38 bits per heavy atom. The van der Waals surface area contributed by atoms with Crippen molar-refractivity contribution in [3.8, 4) is 0 Å². The van der Waals surface area contributed by atoms with Crippen LogP contribution >= 0.6 is 11.8 Å². The number of rotatable bonds is 8. The number of amides is 3. The van der Waals surface area contributed by atoms with Gasteiger partial charge in [0.25, 0.3) is 5.56 Å². The number of nitrogens with one attached hydrogen (secondary N) is 1. The van der Waals surface area contributed by atoms with Crippen LogP contribution in [-0.4, -0.2) is 40.0 Å². The quantitative estimate of drug-likeness (QED) is 0.408. The first-order chi connectivity index (χ1) is 12.4. The number of carbonyl (C=O) groups is 2. The fourth-order valence-corrected chi connectivity index (χ4v) is 3.27. The van der Waals surface area contributed by atoms with Crippen molar-refractivity contribution in [1.29, 1.82) is 0 Å². The number of imide groups is 1. The van der Waals surface area contributed by atoms with Gasteiger partial charge in [-0.15, -0.1) is 0 Å². The Morgan fingerprint density at radius 2 is 2.12 bits per heavy atom. The zero-order valence-corrected chi connectivity index (χ0v) is 15.5. The highest BCUT2D eigenvalue weighted by Gasteiger charge is 2.20. The summed E-state index contributed by atoms with van der Waals surface area (Å²) in [5.74, 6) is -0.536. The van der Waals surface area contributed by atoms with Gasteiger partial charge >= 0.3 is 6.03 Å². The number of hydrogen-bond acceptors (Lipinski definition) is 6. The summed E-state index contributed by atoms with van der Waals surface area (Å²) in [6.07, 6.45) is 0.642. The van der Waals surface area contributed by atoms with E-state index in [2.05, 4.69) is 4.98 Å². The molecular formula is C17H22N4O4S. The van der Waals surface area contributed by atoms with E-state index in [0.29, 0.717) is 42.2 Å². The van der Waals surface area contributed by atoms with Crippen LogP contribution in [0.15, 0.2) is 34.2 Å². The molecule has 0 radical (unpaired) electrons. The van der Waals surface area contributed by atoms with Gasteiger partial charge in [-0.05, 0) is 32.4 Å². The number of carbonyl (C=O) groups excluding carboxylic acids is 2. The van der Waals surface area contributed by atoms with Crippen molar-refractivity contribution in [3.63, 3.8) is 0 Å². The van der Waals surface area contributed by atoms with Crippen molar-refractivity contribution >= 4 is 34.6 Å². The Balaban J connectivity index is 2.33. The molecule has 0 saturated heterocycles. The van der Waals surface area contributed by atoms with Crippen molar-refractivity contribution < 1.29 is 14.3 Å². The molecule has 0 aliphatic rings. The van der Waals surface area contributed by atoms with Crippen LogP contribution in [0, 0.1) is 0 Å². The molecule has 0 fully saturated rings. The van der Waals surface area contributed by atoms with E-state index < -0.39 is 17.2 Å². The molecule has 9 heteroatoms. The van der Waals surface area contributed by atoms with Gasteiger partial charge in [-0.3, -0.25) is 19.5 Å². The van der Waals surface area contributed by atoms with Crippen LogP contribution in [0.5, 0.6) is 0 Å². The number of benzene rings is 1. The number of thioether (sulfide) groups is 1. The molecule has 1 aromatic carbocycles. The van der Waals surface area contributed by atoms with Gasteiger partial charge in [-0.1, -0.05) is 23.9 Å². The lowest BCUT2D eigenvalue weighted by molar-refractivity contribution is -0.119. The monoisotopic (exact) mass is 378 g/mol. The third kappa shape index (κ3) is 5.06. The third-order valence-electron chi connectivity index (χ3n) is 3.60. The number of nitrogens with zero attached hydrogens (tertiary/aromatic N) is 2. The molecule has 8 nitrogen and oxygen atoms in total. The lowest BCUT2D eigenvalue weighted by Crippen LogP contribution is -2.39. The average molecular weight is 378 g/mol. The van der Waals surface area contributed by atoms with Gasteiger partial charge in [0.1, 0.15) is 0 Å². The van der Waals surface area contributed by atoms with Crippen molar-refractivity contribution in [1.82, 2.24) is 14.9 Å². The number of primary amides is 1. The van der Waals surface area contributed by atoms with E-state index in [9.17, 15) is 14.4 Å². The fourth-order valence-electron chi connectivity index (χ4n) is 2.34. The first kappa shape index (κ1) is 19.9. The Morgan fingerprint density at radius 3 is 2.81 bits per heavy atom. The summed E-state index contributed by atoms with van der Waals surface area (Å²) in [4.78, 5) is 40.2. The van der Waals surface area contributed by atoms with Gasteiger partial charge in [-0.25, -0.2) is 9.78 Å². The second-order valence-corrected chi connectivity index (χ2v) is 6.84. The minimum atomic E-state index is -0.914. The molecule has 1 atom stereocenters. The van der Waals surface area contributed by atoms with E-state index in [0.717, 1.165) is 11.8 Å². The number of para-hydroxylation sites is 1. The summed E-state index contributed by atoms with van der Waals surface area (Å²) in [5.41, 5.74) is 5.37. The normalized spacial score (nSPS) is 12.1. The Labute approximate surface area is 155 Å². The standard InChI is InChI=1S/C17H22N4O4S/c1-3-25-10-6-9-21-15(23)12-7-4-5-8-13(12)19-17(21)26-11(2)14(22)20-16(18)24/h4-5,7-8,11H,3,6,9-10H2,1-2H3,(H3,18,20,22,24)/t11-/m0/s1. The Bertz CT molecular complexity index is 852. The molecule has 0 saturated carbocycles. The molecule has 0 aliphatic carbocycles. The van der Waals surface area contributed by atoms with Crippen molar-refractivity contribution in [2.45, 2.75) is 37.2 Å². The first-order valence-corrected chi connectivity index (χ1v) is 9.16. The number of urea groups is 1.